The third-order valence-corrected chi connectivity index (χ3v) is 4.79. The molecule has 0 aliphatic heterocycles. The molecule has 32 heavy (non-hydrogen) atoms. The molecule has 3 aromatic heterocycles. The molecule has 1 amide bonds. The van der Waals surface area contributed by atoms with Crippen molar-refractivity contribution >= 4 is 17.7 Å². The van der Waals surface area contributed by atoms with Crippen molar-refractivity contribution in [3.63, 3.8) is 0 Å². The number of rotatable bonds is 7. The molecule has 1 aromatic carbocycles. The van der Waals surface area contributed by atoms with Gasteiger partial charge in [0.25, 0.3) is 5.89 Å². The van der Waals surface area contributed by atoms with Gasteiger partial charge in [0.1, 0.15) is 29.3 Å². The van der Waals surface area contributed by atoms with E-state index in [1.165, 1.54) is 18.4 Å². The number of oxazole rings is 1. The van der Waals surface area contributed by atoms with Crippen LogP contribution in [-0.4, -0.2) is 35.7 Å². The second kappa shape index (κ2) is 8.94. The van der Waals surface area contributed by atoms with Gasteiger partial charge in [0.2, 0.25) is 5.95 Å². The number of halogens is 1. The predicted molar refractivity (Wildman–Crippen MR) is 112 cm³/mol. The quantitative estimate of drug-likeness (QED) is 0.402. The van der Waals surface area contributed by atoms with E-state index in [1.807, 2.05) is 6.92 Å². The molecular weight excluding hydrogens is 417 g/mol. The minimum absolute atomic E-state index is 0.00943. The van der Waals surface area contributed by atoms with Gasteiger partial charge in [-0.25, -0.2) is 19.3 Å². The number of aliphatic hydroxyl groups is 1. The Morgan fingerprint density at radius 3 is 2.88 bits per heavy atom. The normalized spacial score (nSPS) is 10.9. The Kier molecular flexibility index (Phi) is 5.90. The topological polar surface area (TPSA) is 131 Å². The van der Waals surface area contributed by atoms with E-state index in [0.717, 1.165) is 5.56 Å². The van der Waals surface area contributed by atoms with E-state index in [9.17, 15) is 14.3 Å². The van der Waals surface area contributed by atoms with Gasteiger partial charge in [0, 0.05) is 31.4 Å². The Hall–Kier alpha value is -4.12. The van der Waals surface area contributed by atoms with Gasteiger partial charge in [-0.15, -0.1) is 0 Å². The highest BCUT2D eigenvalue weighted by Gasteiger charge is 2.18. The van der Waals surface area contributed by atoms with Crippen molar-refractivity contribution in [2.75, 3.05) is 5.32 Å². The highest BCUT2D eigenvalue weighted by molar-refractivity contribution is 5.90. The molecule has 10 nitrogen and oxygen atoms in total. The second-order valence-electron chi connectivity index (χ2n) is 6.95. The number of amides is 1. The maximum Gasteiger partial charge on any atom is 0.307 e. The number of aromatic nitrogens is 5. The zero-order valence-electron chi connectivity index (χ0n) is 17.3. The summed E-state index contributed by atoms with van der Waals surface area (Å²) in [5.41, 5.74) is 2.20. The van der Waals surface area contributed by atoms with Crippen molar-refractivity contribution in [1.29, 1.82) is 0 Å². The average molecular weight is 437 g/mol. The molecule has 0 saturated carbocycles. The lowest BCUT2D eigenvalue weighted by Crippen LogP contribution is -2.24. The summed E-state index contributed by atoms with van der Waals surface area (Å²) in [7, 11) is 1.79. The zero-order valence-corrected chi connectivity index (χ0v) is 17.3. The van der Waals surface area contributed by atoms with Crippen LogP contribution in [0.2, 0.25) is 0 Å². The number of carbonyl (C=O) groups excluding carboxylic acids is 1. The monoisotopic (exact) mass is 437 g/mol. The largest absolute Gasteiger partial charge is 0.440 e. The molecule has 0 unspecified atom stereocenters. The summed E-state index contributed by atoms with van der Waals surface area (Å²) in [5, 5.41) is 19.1. The summed E-state index contributed by atoms with van der Waals surface area (Å²) >= 11 is 0. The van der Waals surface area contributed by atoms with Crippen LogP contribution in [0.3, 0.4) is 0 Å². The molecule has 0 atom stereocenters. The molecule has 0 fully saturated rings. The lowest BCUT2D eigenvalue weighted by atomic mass is 10.1. The van der Waals surface area contributed by atoms with Crippen LogP contribution in [0.5, 0.6) is 0 Å². The molecule has 4 rings (SSSR count). The van der Waals surface area contributed by atoms with Gasteiger partial charge in [-0.2, -0.15) is 5.10 Å². The van der Waals surface area contributed by atoms with E-state index in [0.29, 0.717) is 28.7 Å². The van der Waals surface area contributed by atoms with E-state index in [2.05, 4.69) is 30.7 Å². The summed E-state index contributed by atoms with van der Waals surface area (Å²) in [6.07, 6.45) is 4.61. The number of hydrogen-bond donors (Lipinski definition) is 3. The summed E-state index contributed by atoms with van der Waals surface area (Å²) in [4.78, 5) is 25.4. The molecule has 0 spiro atoms. The molecule has 11 heteroatoms. The maximum atomic E-state index is 13.8. The van der Waals surface area contributed by atoms with Gasteiger partial charge in [-0.3, -0.25) is 9.48 Å². The van der Waals surface area contributed by atoms with Crippen molar-refractivity contribution in [3.8, 4) is 11.4 Å². The van der Waals surface area contributed by atoms with Crippen LogP contribution < -0.4 is 10.6 Å². The van der Waals surface area contributed by atoms with Crippen molar-refractivity contribution in [1.82, 2.24) is 30.0 Å². The second-order valence-corrected chi connectivity index (χ2v) is 6.95. The molecule has 3 N–H and O–H groups in total. The summed E-state index contributed by atoms with van der Waals surface area (Å²) in [5.74, 6) is -0.233. The third kappa shape index (κ3) is 4.32. The first kappa shape index (κ1) is 21.1. The van der Waals surface area contributed by atoms with E-state index in [4.69, 9.17) is 4.42 Å². The third-order valence-electron chi connectivity index (χ3n) is 4.79. The summed E-state index contributed by atoms with van der Waals surface area (Å²) in [6.45, 7) is 1.36. The van der Waals surface area contributed by atoms with Crippen LogP contribution in [0.15, 0.2) is 47.3 Å². The van der Waals surface area contributed by atoms with Crippen LogP contribution in [0, 0.1) is 12.7 Å². The van der Waals surface area contributed by atoms with Crippen LogP contribution in [0.1, 0.15) is 27.4 Å². The predicted octanol–water partition coefficient (Wildman–Crippen LogP) is 2.48. The molecule has 0 bridgehead atoms. The standard InChI is InChI=1S/C21H20FN7O3/c1-12-8-24-21(27-17-6-7-25-29(17)2)28-18(12)16-11-32-20(26-16)19(31)23-9-13-4-3-5-15(22)14(13)10-30/h3-8,11,30H,9-10H2,1-2H3,(H,23,31)(H,24,27,28). The van der Waals surface area contributed by atoms with Crippen molar-refractivity contribution in [2.24, 2.45) is 7.05 Å². The first-order chi connectivity index (χ1) is 15.5. The van der Waals surface area contributed by atoms with Crippen LogP contribution in [0.25, 0.3) is 11.4 Å². The number of nitrogens with zero attached hydrogens (tertiary/aromatic N) is 5. The fourth-order valence-corrected chi connectivity index (χ4v) is 3.06. The van der Waals surface area contributed by atoms with Crippen molar-refractivity contribution in [2.45, 2.75) is 20.1 Å². The molecule has 0 aliphatic rings. The lowest BCUT2D eigenvalue weighted by molar-refractivity contribution is 0.0915. The van der Waals surface area contributed by atoms with E-state index >= 15 is 0 Å². The van der Waals surface area contributed by atoms with Gasteiger partial charge < -0.3 is 20.2 Å². The number of aliphatic hydroxyl groups excluding tert-OH is 1. The number of aryl methyl sites for hydroxylation is 2. The minimum atomic E-state index is -0.579. The number of anilines is 2. The highest BCUT2D eigenvalue weighted by atomic mass is 19.1. The van der Waals surface area contributed by atoms with Crippen molar-refractivity contribution < 1.29 is 18.7 Å². The molecule has 4 aromatic rings. The van der Waals surface area contributed by atoms with Crippen LogP contribution in [-0.2, 0) is 20.2 Å². The number of nitrogens with one attached hydrogen (secondary N) is 2. The minimum Gasteiger partial charge on any atom is -0.440 e. The van der Waals surface area contributed by atoms with Gasteiger partial charge in [0.05, 0.1) is 12.8 Å². The Morgan fingerprint density at radius 2 is 2.12 bits per heavy atom. The van der Waals surface area contributed by atoms with Gasteiger partial charge in [-0.05, 0) is 24.1 Å². The Morgan fingerprint density at radius 1 is 1.28 bits per heavy atom. The fourth-order valence-electron chi connectivity index (χ4n) is 3.06. The summed E-state index contributed by atoms with van der Waals surface area (Å²) in [6, 6.07) is 6.16. The fraction of sp³-hybridized carbons (Fsp3) is 0.190. The van der Waals surface area contributed by atoms with E-state index in [1.54, 1.807) is 36.3 Å². The number of benzene rings is 1. The summed E-state index contributed by atoms with van der Waals surface area (Å²) < 4.78 is 20.7. The Bertz CT molecular complexity index is 1270. The van der Waals surface area contributed by atoms with Gasteiger partial charge in [-0.1, -0.05) is 12.1 Å². The SMILES string of the molecule is Cc1cnc(Nc2ccnn2C)nc1-c1coc(C(=O)NCc2cccc(F)c2CO)n1. The van der Waals surface area contributed by atoms with Gasteiger partial charge >= 0.3 is 5.91 Å². The van der Waals surface area contributed by atoms with Gasteiger partial charge in [0.15, 0.2) is 0 Å². The van der Waals surface area contributed by atoms with E-state index in [-0.39, 0.29) is 18.0 Å². The van der Waals surface area contributed by atoms with Crippen LogP contribution >= 0.6 is 0 Å². The average Bonchev–Trinajstić information content (AvgIpc) is 3.43. The number of hydrogen-bond acceptors (Lipinski definition) is 8. The smallest absolute Gasteiger partial charge is 0.307 e. The molecular formula is C21H20FN7O3. The molecule has 0 radical (unpaired) electrons. The molecule has 164 valence electrons. The number of carbonyl (C=O) groups is 1. The Labute approximate surface area is 182 Å². The first-order valence-electron chi connectivity index (χ1n) is 9.66. The molecule has 3 heterocycles. The first-order valence-corrected chi connectivity index (χ1v) is 9.66. The van der Waals surface area contributed by atoms with E-state index < -0.39 is 18.3 Å². The maximum absolute atomic E-state index is 13.8. The Balaban J connectivity index is 1.50. The molecule has 0 aliphatic carbocycles. The van der Waals surface area contributed by atoms with Crippen molar-refractivity contribution in [3.05, 3.63) is 71.3 Å². The zero-order chi connectivity index (χ0) is 22.7. The van der Waals surface area contributed by atoms with Crippen LogP contribution in [0.4, 0.5) is 16.2 Å². The highest BCUT2D eigenvalue weighted by Crippen LogP contribution is 2.22. The lowest BCUT2D eigenvalue weighted by Gasteiger charge is -2.08. The molecule has 0 saturated heterocycles.